The van der Waals surface area contributed by atoms with Crippen LogP contribution in [0, 0.1) is 0 Å². The second kappa shape index (κ2) is 4.16. The average molecular weight is 303 g/mol. The molecule has 6 rings (SSSR count). The standard InChI is InChI=1S/C20H21N3/c1-2-6-14(7-3-1)12-22-11-10-20-15-8-4-5-9-16(15)21-19(20)23-13-17(23)18(20)22/h1-9,17-19,21H,10-13H2/t17-,18-,19-,20?,23?/m1/s1. The van der Waals surface area contributed by atoms with E-state index in [0.717, 1.165) is 12.6 Å². The number of nitrogens with zero attached hydrogens (tertiary/aromatic N) is 2. The van der Waals surface area contributed by atoms with Crippen molar-refractivity contribution in [3.05, 3.63) is 65.7 Å². The van der Waals surface area contributed by atoms with Gasteiger partial charge in [0.15, 0.2) is 0 Å². The first kappa shape index (κ1) is 12.6. The van der Waals surface area contributed by atoms with Crippen molar-refractivity contribution in [2.75, 3.05) is 18.4 Å². The zero-order valence-electron chi connectivity index (χ0n) is 13.2. The molecular formula is C20H21N3. The van der Waals surface area contributed by atoms with Crippen molar-refractivity contribution in [3.8, 4) is 0 Å². The molecule has 0 aromatic heterocycles. The molecule has 0 bridgehead atoms. The van der Waals surface area contributed by atoms with Crippen LogP contribution in [0.15, 0.2) is 54.6 Å². The van der Waals surface area contributed by atoms with Gasteiger partial charge in [0, 0.05) is 36.3 Å². The summed E-state index contributed by atoms with van der Waals surface area (Å²) in [6.07, 6.45) is 1.81. The maximum Gasteiger partial charge on any atom is 0.0913 e. The Balaban J connectivity index is 1.42. The Morgan fingerprint density at radius 1 is 1.04 bits per heavy atom. The fraction of sp³-hybridized carbons (Fsp3) is 0.400. The van der Waals surface area contributed by atoms with Gasteiger partial charge in [-0.15, -0.1) is 0 Å². The minimum absolute atomic E-state index is 0.314. The lowest BCUT2D eigenvalue weighted by Crippen LogP contribution is -2.48. The van der Waals surface area contributed by atoms with Gasteiger partial charge in [0.1, 0.15) is 0 Å². The zero-order valence-corrected chi connectivity index (χ0v) is 13.2. The molecule has 0 radical (unpaired) electrons. The van der Waals surface area contributed by atoms with Crippen LogP contribution in [0.5, 0.6) is 0 Å². The Morgan fingerprint density at radius 2 is 1.87 bits per heavy atom. The summed E-state index contributed by atoms with van der Waals surface area (Å²) >= 11 is 0. The van der Waals surface area contributed by atoms with Gasteiger partial charge < -0.3 is 5.32 Å². The molecule has 2 unspecified atom stereocenters. The minimum atomic E-state index is 0.314. The maximum atomic E-state index is 3.83. The summed E-state index contributed by atoms with van der Waals surface area (Å²) in [6.45, 7) is 3.58. The summed E-state index contributed by atoms with van der Waals surface area (Å²) < 4.78 is 0. The zero-order chi connectivity index (χ0) is 15.0. The minimum Gasteiger partial charge on any atom is -0.369 e. The average Bonchev–Trinajstić information content (AvgIpc) is 3.05. The number of nitrogens with one attached hydrogen (secondary N) is 1. The highest BCUT2D eigenvalue weighted by Gasteiger charge is 2.72. The molecular weight excluding hydrogens is 282 g/mol. The number of piperidine rings is 1. The molecule has 23 heavy (non-hydrogen) atoms. The fourth-order valence-electron chi connectivity index (χ4n) is 5.68. The van der Waals surface area contributed by atoms with Crippen molar-refractivity contribution in [2.24, 2.45) is 0 Å². The molecule has 4 aliphatic rings. The van der Waals surface area contributed by atoms with E-state index in [1.165, 1.54) is 30.8 Å². The molecule has 4 heterocycles. The van der Waals surface area contributed by atoms with Crippen LogP contribution >= 0.6 is 0 Å². The second-order valence-corrected chi connectivity index (χ2v) is 7.55. The number of benzene rings is 2. The second-order valence-electron chi connectivity index (χ2n) is 7.55. The van der Waals surface area contributed by atoms with Gasteiger partial charge in [-0.05, 0) is 30.2 Å². The Kier molecular flexibility index (Phi) is 2.27. The highest BCUT2D eigenvalue weighted by atomic mass is 15.5. The van der Waals surface area contributed by atoms with Crippen LogP contribution in [-0.4, -0.2) is 41.1 Å². The van der Waals surface area contributed by atoms with Crippen LogP contribution in [-0.2, 0) is 12.0 Å². The van der Waals surface area contributed by atoms with E-state index in [4.69, 9.17) is 0 Å². The summed E-state index contributed by atoms with van der Waals surface area (Å²) in [7, 11) is 0. The van der Waals surface area contributed by atoms with Crippen LogP contribution < -0.4 is 5.32 Å². The Bertz CT molecular complexity index is 773. The van der Waals surface area contributed by atoms with Crippen molar-refractivity contribution in [1.82, 2.24) is 9.80 Å². The van der Waals surface area contributed by atoms with E-state index < -0.39 is 0 Å². The molecule has 2 aromatic carbocycles. The monoisotopic (exact) mass is 303 g/mol. The molecule has 4 aliphatic heterocycles. The number of hydrogen-bond acceptors (Lipinski definition) is 3. The number of para-hydroxylation sites is 1. The van der Waals surface area contributed by atoms with Gasteiger partial charge in [-0.25, -0.2) is 0 Å². The van der Waals surface area contributed by atoms with Gasteiger partial charge in [0.25, 0.3) is 0 Å². The topological polar surface area (TPSA) is 18.3 Å². The van der Waals surface area contributed by atoms with Gasteiger partial charge in [0.05, 0.1) is 6.17 Å². The molecule has 0 saturated carbocycles. The molecule has 1 N–H and O–H groups in total. The maximum absolute atomic E-state index is 3.83. The van der Waals surface area contributed by atoms with E-state index >= 15 is 0 Å². The summed E-state index contributed by atoms with van der Waals surface area (Å²) in [5, 5.41) is 3.83. The lowest BCUT2D eigenvalue weighted by molar-refractivity contribution is 0.214. The van der Waals surface area contributed by atoms with Crippen LogP contribution in [0.4, 0.5) is 5.69 Å². The number of anilines is 1. The third kappa shape index (κ3) is 1.47. The Hall–Kier alpha value is -1.84. The molecule has 3 saturated heterocycles. The highest BCUT2D eigenvalue weighted by molar-refractivity contribution is 5.65. The first-order chi connectivity index (χ1) is 11.4. The molecule has 116 valence electrons. The van der Waals surface area contributed by atoms with Crippen LogP contribution in [0.25, 0.3) is 0 Å². The molecule has 0 amide bonds. The quantitative estimate of drug-likeness (QED) is 0.860. The Morgan fingerprint density at radius 3 is 2.78 bits per heavy atom. The molecule has 0 aliphatic carbocycles. The smallest absolute Gasteiger partial charge is 0.0913 e. The first-order valence-corrected chi connectivity index (χ1v) is 8.78. The van der Waals surface area contributed by atoms with Crippen molar-refractivity contribution in [3.63, 3.8) is 0 Å². The molecule has 1 spiro atoms. The summed E-state index contributed by atoms with van der Waals surface area (Å²) in [5.74, 6) is 0. The first-order valence-electron chi connectivity index (χ1n) is 8.78. The van der Waals surface area contributed by atoms with Crippen LogP contribution in [0.3, 0.4) is 0 Å². The number of likely N-dealkylation sites (tertiary alicyclic amines) is 1. The van der Waals surface area contributed by atoms with E-state index in [9.17, 15) is 0 Å². The van der Waals surface area contributed by atoms with Gasteiger partial charge >= 0.3 is 0 Å². The largest absolute Gasteiger partial charge is 0.369 e. The predicted octanol–water partition coefficient (Wildman–Crippen LogP) is 2.65. The van der Waals surface area contributed by atoms with Gasteiger partial charge in [-0.2, -0.15) is 0 Å². The van der Waals surface area contributed by atoms with Crippen molar-refractivity contribution >= 4 is 5.69 Å². The number of hydrogen-bond donors (Lipinski definition) is 1. The number of rotatable bonds is 2. The van der Waals surface area contributed by atoms with Crippen molar-refractivity contribution in [1.29, 1.82) is 0 Å². The molecule has 5 atom stereocenters. The third-order valence-corrected chi connectivity index (χ3v) is 6.56. The van der Waals surface area contributed by atoms with E-state index in [0.29, 0.717) is 17.6 Å². The number of fused-ring (bicyclic) bond motifs is 4. The van der Waals surface area contributed by atoms with Crippen molar-refractivity contribution in [2.45, 2.75) is 36.6 Å². The molecule has 3 nitrogen and oxygen atoms in total. The van der Waals surface area contributed by atoms with Gasteiger partial charge in [-0.1, -0.05) is 48.5 Å². The summed E-state index contributed by atoms with van der Waals surface area (Å²) in [6, 6.07) is 21.4. The SMILES string of the molecule is c1ccc(CN2CCC34c5ccccc5N[C@@H]3N3C[C@@H]3[C@@H]24)cc1. The lowest BCUT2D eigenvalue weighted by Gasteiger charge is -2.34. The third-order valence-electron chi connectivity index (χ3n) is 6.56. The Labute approximate surface area is 136 Å². The van der Waals surface area contributed by atoms with Crippen LogP contribution in [0.2, 0.25) is 0 Å². The van der Waals surface area contributed by atoms with E-state index in [-0.39, 0.29) is 0 Å². The highest BCUT2D eigenvalue weighted by Crippen LogP contribution is 2.61. The van der Waals surface area contributed by atoms with E-state index in [2.05, 4.69) is 69.7 Å². The molecule has 2 aromatic rings. The normalized spacial score (nSPS) is 39.3. The fourth-order valence-corrected chi connectivity index (χ4v) is 5.68. The molecule has 3 heteroatoms. The van der Waals surface area contributed by atoms with E-state index in [1.807, 2.05) is 0 Å². The van der Waals surface area contributed by atoms with Crippen molar-refractivity contribution < 1.29 is 0 Å². The summed E-state index contributed by atoms with van der Waals surface area (Å²) in [4.78, 5) is 5.44. The van der Waals surface area contributed by atoms with E-state index in [1.54, 1.807) is 5.56 Å². The van der Waals surface area contributed by atoms with Crippen LogP contribution in [0.1, 0.15) is 17.5 Å². The summed E-state index contributed by atoms with van der Waals surface area (Å²) in [5.41, 5.74) is 4.69. The van der Waals surface area contributed by atoms with Gasteiger partial charge in [0.2, 0.25) is 0 Å². The predicted molar refractivity (Wildman–Crippen MR) is 91.3 cm³/mol. The lowest BCUT2D eigenvalue weighted by atomic mass is 9.74. The van der Waals surface area contributed by atoms with Gasteiger partial charge in [-0.3, -0.25) is 9.80 Å². The molecule has 3 fully saturated rings.